The minimum atomic E-state index is -3.95. The van der Waals surface area contributed by atoms with E-state index in [4.69, 9.17) is 25.8 Å². The van der Waals surface area contributed by atoms with Gasteiger partial charge in [0.05, 0.1) is 23.6 Å². The molecule has 2 bridgehead atoms. The highest BCUT2D eigenvalue weighted by Gasteiger charge is 2.50. The van der Waals surface area contributed by atoms with E-state index in [0.29, 0.717) is 30.3 Å². The Hall–Kier alpha value is -2.63. The van der Waals surface area contributed by atoms with Gasteiger partial charge in [-0.15, -0.1) is 0 Å². The summed E-state index contributed by atoms with van der Waals surface area (Å²) in [5, 5.41) is -0.0310. The molecule has 5 aliphatic rings. The number of aryl methyl sites for hydroxylation is 1. The predicted octanol–water partition coefficient (Wildman–Crippen LogP) is 6.38. The molecule has 51 heavy (non-hydrogen) atoms. The van der Waals surface area contributed by atoms with Crippen molar-refractivity contribution in [3.05, 3.63) is 70.3 Å². The number of carbonyl (C=O) groups excluding carboxylic acids is 1. The van der Waals surface area contributed by atoms with Crippen LogP contribution in [0.1, 0.15) is 80.3 Å². The Labute approximate surface area is 309 Å². The number of halogens is 1. The van der Waals surface area contributed by atoms with E-state index in [0.717, 1.165) is 88.4 Å². The van der Waals surface area contributed by atoms with E-state index in [1.54, 1.807) is 20.1 Å². The van der Waals surface area contributed by atoms with E-state index in [2.05, 4.69) is 38.8 Å². The number of benzene rings is 2. The molecule has 6 atom stereocenters. The summed E-state index contributed by atoms with van der Waals surface area (Å²) in [6.07, 6.45) is 12.3. The van der Waals surface area contributed by atoms with Gasteiger partial charge in [0.2, 0.25) is 10.0 Å². The number of ether oxygens (including phenoxy) is 3. The van der Waals surface area contributed by atoms with Crippen LogP contribution in [0.3, 0.4) is 0 Å². The van der Waals surface area contributed by atoms with E-state index in [1.807, 2.05) is 32.2 Å². The molecule has 1 amide bonds. The van der Waals surface area contributed by atoms with Crippen LogP contribution >= 0.6 is 11.6 Å². The monoisotopic (exact) mass is 739 g/mol. The van der Waals surface area contributed by atoms with Gasteiger partial charge in [-0.1, -0.05) is 36.7 Å². The Bertz CT molecular complexity index is 1750. The van der Waals surface area contributed by atoms with Crippen molar-refractivity contribution in [1.82, 2.24) is 9.62 Å². The van der Waals surface area contributed by atoms with Crippen LogP contribution in [0.25, 0.3) is 0 Å². The number of methoxy groups -OCH3 is 2. The zero-order chi connectivity index (χ0) is 36.0. The van der Waals surface area contributed by atoms with Gasteiger partial charge in [-0.05, 0) is 118 Å². The largest absolute Gasteiger partial charge is 0.490 e. The zero-order valence-electron chi connectivity index (χ0n) is 30.5. The number of nitrogens with zero attached hydrogens (tertiary/aromatic N) is 2. The number of hydrogen-bond acceptors (Lipinski definition) is 8. The van der Waals surface area contributed by atoms with Crippen molar-refractivity contribution in [3.8, 4) is 5.75 Å². The molecule has 1 N–H and O–H groups in total. The van der Waals surface area contributed by atoms with Crippen LogP contribution in [0, 0.1) is 17.8 Å². The lowest BCUT2D eigenvalue weighted by Gasteiger charge is -2.52. The number of fused-ring (bicyclic) bond motifs is 4. The van der Waals surface area contributed by atoms with E-state index in [-0.39, 0.29) is 23.4 Å². The Morgan fingerprint density at radius 1 is 1.06 bits per heavy atom. The molecule has 7 rings (SSSR count). The molecule has 1 saturated heterocycles. The molecule has 1 saturated carbocycles. The molecule has 1 spiro atoms. The van der Waals surface area contributed by atoms with Crippen molar-refractivity contribution in [2.75, 3.05) is 58.5 Å². The average Bonchev–Trinajstić information content (AvgIpc) is 3.25. The molecule has 278 valence electrons. The second kappa shape index (κ2) is 14.7. The maximum absolute atomic E-state index is 13.6. The normalized spacial score (nSPS) is 33.6. The first-order valence-electron chi connectivity index (χ1n) is 18.8. The number of allylic oxidation sites excluding steroid dienone is 1. The molecular formula is C40H54ClN3O6S. The van der Waals surface area contributed by atoms with Crippen molar-refractivity contribution < 1.29 is 27.4 Å². The third-order valence-electron chi connectivity index (χ3n) is 13.0. The molecular weight excluding hydrogens is 686 g/mol. The summed E-state index contributed by atoms with van der Waals surface area (Å²) < 4.78 is 48.5. The molecule has 3 aliphatic heterocycles. The number of rotatable bonds is 4. The van der Waals surface area contributed by atoms with Gasteiger partial charge in [0.25, 0.3) is 5.91 Å². The molecule has 0 radical (unpaired) electrons. The average molecular weight is 740 g/mol. The molecule has 2 aromatic carbocycles. The summed E-state index contributed by atoms with van der Waals surface area (Å²) in [5.41, 5.74) is 2.89. The van der Waals surface area contributed by atoms with Crippen molar-refractivity contribution >= 4 is 33.2 Å². The van der Waals surface area contributed by atoms with Gasteiger partial charge < -0.3 is 19.1 Å². The number of likely N-dealkylation sites (tertiary alicyclic amines) is 1. The van der Waals surface area contributed by atoms with Crippen LogP contribution in [-0.2, 0) is 31.3 Å². The van der Waals surface area contributed by atoms with Gasteiger partial charge in [0, 0.05) is 62.9 Å². The number of carbonyl (C=O) groups is 1. The Morgan fingerprint density at radius 2 is 1.86 bits per heavy atom. The molecule has 3 heterocycles. The molecule has 2 fully saturated rings. The maximum Gasteiger partial charge on any atom is 0.264 e. The van der Waals surface area contributed by atoms with Gasteiger partial charge in [0.1, 0.15) is 11.4 Å². The third kappa shape index (κ3) is 7.20. The molecule has 0 unspecified atom stereocenters. The Kier molecular flexibility index (Phi) is 10.5. The SMILES string of the molecule is COC1CCN(C[C@]2(OC)/C=C/C[C@H](C)[C@@H](C)S(=O)(=O)NC(=O)c3ccc4c(c3)N(C[C@@H]3CC[C@H]32)C[C@@]2(CCCc3cc(Cl)ccc32)CO4)CC1. The minimum Gasteiger partial charge on any atom is -0.490 e. The van der Waals surface area contributed by atoms with Crippen molar-refractivity contribution in [3.63, 3.8) is 0 Å². The van der Waals surface area contributed by atoms with Gasteiger partial charge in [-0.3, -0.25) is 9.69 Å². The van der Waals surface area contributed by atoms with E-state index in [1.165, 1.54) is 11.1 Å². The van der Waals surface area contributed by atoms with Crippen molar-refractivity contribution in [1.29, 1.82) is 0 Å². The van der Waals surface area contributed by atoms with Crippen LogP contribution in [0.4, 0.5) is 5.69 Å². The van der Waals surface area contributed by atoms with Gasteiger partial charge in [-0.2, -0.15) is 0 Å². The number of hydrogen-bond donors (Lipinski definition) is 1. The highest BCUT2D eigenvalue weighted by atomic mass is 35.5. The second-order valence-electron chi connectivity index (χ2n) is 15.9. The Morgan fingerprint density at radius 3 is 2.59 bits per heavy atom. The van der Waals surface area contributed by atoms with Crippen LogP contribution in [0.15, 0.2) is 48.6 Å². The summed E-state index contributed by atoms with van der Waals surface area (Å²) >= 11 is 6.49. The molecule has 0 aromatic heterocycles. The molecule has 2 aromatic rings. The number of nitrogens with one attached hydrogen (secondary N) is 1. The van der Waals surface area contributed by atoms with Gasteiger partial charge in [-0.25, -0.2) is 13.1 Å². The maximum atomic E-state index is 13.6. The number of amides is 1. The molecule has 9 nitrogen and oxygen atoms in total. The lowest BCUT2D eigenvalue weighted by Crippen LogP contribution is -2.57. The van der Waals surface area contributed by atoms with E-state index < -0.39 is 26.8 Å². The second-order valence-corrected chi connectivity index (χ2v) is 18.4. The fraction of sp³-hybridized carbons (Fsp3) is 0.625. The van der Waals surface area contributed by atoms with E-state index in [9.17, 15) is 13.2 Å². The van der Waals surface area contributed by atoms with Crippen molar-refractivity contribution in [2.45, 2.75) is 87.6 Å². The summed E-state index contributed by atoms with van der Waals surface area (Å²) in [6, 6.07) is 11.6. The van der Waals surface area contributed by atoms with Crippen molar-refractivity contribution in [2.24, 2.45) is 17.8 Å². The fourth-order valence-electron chi connectivity index (χ4n) is 9.46. The number of sulfonamides is 1. The van der Waals surface area contributed by atoms with Gasteiger partial charge >= 0.3 is 0 Å². The summed E-state index contributed by atoms with van der Waals surface area (Å²) in [4.78, 5) is 18.6. The van der Waals surface area contributed by atoms with Crippen LogP contribution in [0.5, 0.6) is 5.75 Å². The van der Waals surface area contributed by atoms with Crippen LogP contribution in [-0.4, -0.2) is 89.7 Å². The quantitative estimate of drug-likeness (QED) is 0.361. The minimum absolute atomic E-state index is 0.218. The number of piperidine rings is 1. The van der Waals surface area contributed by atoms with Gasteiger partial charge in [0.15, 0.2) is 0 Å². The molecule has 11 heteroatoms. The highest BCUT2D eigenvalue weighted by Crippen LogP contribution is 2.49. The first-order valence-corrected chi connectivity index (χ1v) is 20.7. The summed E-state index contributed by atoms with van der Waals surface area (Å²) in [6.45, 7) is 8.29. The predicted molar refractivity (Wildman–Crippen MR) is 201 cm³/mol. The fourth-order valence-corrected chi connectivity index (χ4v) is 10.9. The first kappa shape index (κ1) is 36.7. The lowest BCUT2D eigenvalue weighted by atomic mass is 9.63. The number of anilines is 1. The van der Waals surface area contributed by atoms with Crippen LogP contribution in [0.2, 0.25) is 5.02 Å². The third-order valence-corrected chi connectivity index (χ3v) is 15.1. The highest BCUT2D eigenvalue weighted by molar-refractivity contribution is 7.90. The Balaban J connectivity index is 1.30. The zero-order valence-corrected chi connectivity index (χ0v) is 32.1. The first-order chi connectivity index (χ1) is 24.5. The van der Waals surface area contributed by atoms with E-state index >= 15 is 0 Å². The summed E-state index contributed by atoms with van der Waals surface area (Å²) in [5.74, 6) is 0.475. The standard InChI is InChI=1S/C40H54ClN3O6S/c1-27-7-5-18-40(49-4,25-43-19-15-33(48-3)16-20-43)35-12-9-31(35)23-44-24-39(17-6-8-29-21-32(41)11-13-34(29)39)26-50-37-14-10-30(22-36(37)44)38(45)42-51(46,47)28(27)2/h5,10-11,13-14,18,21-22,27-28,31,33,35H,6-9,12,15-17,19-20,23-26H2,1-4H3,(H,42,45)/b18-5+/t27-,28+,31-,35+,39-,40+/m0/s1. The smallest absolute Gasteiger partial charge is 0.264 e. The topological polar surface area (TPSA) is 97.4 Å². The molecule has 2 aliphatic carbocycles. The summed E-state index contributed by atoms with van der Waals surface area (Å²) in [7, 11) is -0.311. The van der Waals surface area contributed by atoms with Crippen LogP contribution < -0.4 is 14.4 Å². The lowest BCUT2D eigenvalue weighted by molar-refractivity contribution is -0.0974.